The molecule has 1 aliphatic heterocycles. The Labute approximate surface area is 150 Å². The summed E-state index contributed by atoms with van der Waals surface area (Å²) in [7, 11) is 0. The van der Waals surface area contributed by atoms with Crippen LogP contribution in [0.2, 0.25) is 0 Å². The molecule has 2 aromatic rings. The van der Waals surface area contributed by atoms with Crippen molar-refractivity contribution >= 4 is 11.9 Å². The molecule has 3 rings (SSSR count). The average Bonchev–Trinajstić information content (AvgIpc) is 3.21. The van der Waals surface area contributed by atoms with E-state index in [-0.39, 0.29) is 37.9 Å². The molecule has 1 fully saturated rings. The summed E-state index contributed by atoms with van der Waals surface area (Å²) >= 11 is 0. The summed E-state index contributed by atoms with van der Waals surface area (Å²) in [6.07, 6.45) is 0. The van der Waals surface area contributed by atoms with E-state index in [1.165, 1.54) is 0 Å². The maximum absolute atomic E-state index is 12.4. The largest absolute Gasteiger partial charge is 0.461 e. The van der Waals surface area contributed by atoms with E-state index in [2.05, 4.69) is 0 Å². The minimum atomic E-state index is -0.844. The molecule has 6 nitrogen and oxygen atoms in total. The fourth-order valence-electron chi connectivity index (χ4n) is 2.30. The molecule has 1 saturated heterocycles. The van der Waals surface area contributed by atoms with Gasteiger partial charge in [-0.2, -0.15) is 0 Å². The predicted molar refractivity (Wildman–Crippen MR) is 91.4 cm³/mol. The number of rotatable bonds is 6. The van der Waals surface area contributed by atoms with Crippen LogP contribution in [0.4, 0.5) is 0 Å². The highest BCUT2D eigenvalue weighted by molar-refractivity contribution is 6.14. The topological polar surface area (TPSA) is 71.1 Å². The third-order valence-electron chi connectivity index (χ3n) is 3.59. The molecule has 0 radical (unpaired) electrons. The van der Waals surface area contributed by atoms with Gasteiger partial charge >= 0.3 is 17.9 Å². The van der Waals surface area contributed by atoms with Crippen LogP contribution < -0.4 is 0 Å². The van der Waals surface area contributed by atoms with Crippen LogP contribution in [0, 0.1) is 0 Å². The highest BCUT2D eigenvalue weighted by Gasteiger charge is 2.31. The van der Waals surface area contributed by atoms with Gasteiger partial charge in [-0.3, -0.25) is 0 Å². The molecule has 2 aromatic carbocycles. The number of hydrogen-bond donors (Lipinski definition) is 0. The average molecular weight is 354 g/mol. The second kappa shape index (κ2) is 8.71. The molecule has 0 unspecified atom stereocenters. The Morgan fingerprint density at radius 1 is 0.731 bits per heavy atom. The van der Waals surface area contributed by atoms with Gasteiger partial charge in [0.2, 0.25) is 5.57 Å². The normalized spacial score (nSPS) is 12.7. The molecule has 6 heteroatoms. The summed E-state index contributed by atoms with van der Waals surface area (Å²) in [6.45, 7) is 0.582. The van der Waals surface area contributed by atoms with Crippen LogP contribution in [0.15, 0.2) is 72.2 Å². The van der Waals surface area contributed by atoms with Crippen LogP contribution >= 0.6 is 0 Å². The van der Waals surface area contributed by atoms with Gasteiger partial charge < -0.3 is 18.9 Å². The van der Waals surface area contributed by atoms with Gasteiger partial charge in [0.05, 0.1) is 0 Å². The van der Waals surface area contributed by atoms with Crippen molar-refractivity contribution in [2.24, 2.45) is 0 Å². The number of benzene rings is 2. The highest BCUT2D eigenvalue weighted by atomic mass is 16.7. The van der Waals surface area contributed by atoms with Crippen molar-refractivity contribution in [2.45, 2.75) is 13.2 Å². The minimum absolute atomic E-state index is 0.0302. The van der Waals surface area contributed by atoms with Crippen molar-refractivity contribution in [3.05, 3.63) is 83.3 Å². The van der Waals surface area contributed by atoms with Crippen molar-refractivity contribution in [2.75, 3.05) is 13.2 Å². The smallest absolute Gasteiger partial charge is 0.353 e. The lowest BCUT2D eigenvalue weighted by Crippen LogP contribution is -2.21. The van der Waals surface area contributed by atoms with Crippen LogP contribution in [0.5, 0.6) is 0 Å². The zero-order valence-corrected chi connectivity index (χ0v) is 14.1. The Balaban J connectivity index is 1.67. The van der Waals surface area contributed by atoms with E-state index in [0.717, 1.165) is 11.1 Å². The first-order valence-corrected chi connectivity index (χ1v) is 8.16. The van der Waals surface area contributed by atoms with E-state index in [1.807, 2.05) is 60.7 Å². The Bertz CT molecular complexity index is 717. The van der Waals surface area contributed by atoms with E-state index in [9.17, 15) is 9.59 Å². The van der Waals surface area contributed by atoms with Crippen LogP contribution in [-0.2, 0) is 41.8 Å². The number of ether oxygens (including phenoxy) is 4. The maximum atomic E-state index is 12.4. The van der Waals surface area contributed by atoms with E-state index >= 15 is 0 Å². The predicted octanol–water partition coefficient (Wildman–Crippen LogP) is 2.73. The monoisotopic (exact) mass is 354 g/mol. The molecule has 1 heterocycles. The lowest BCUT2D eigenvalue weighted by atomic mass is 10.2. The zero-order chi connectivity index (χ0) is 18.2. The first kappa shape index (κ1) is 17.5. The van der Waals surface area contributed by atoms with Crippen LogP contribution in [0.3, 0.4) is 0 Å². The summed E-state index contributed by atoms with van der Waals surface area (Å²) in [5.74, 6) is -1.84. The number of carbonyl (C=O) groups is 2. The summed E-state index contributed by atoms with van der Waals surface area (Å²) in [5, 5.41) is 0. The molecular weight excluding hydrogens is 336 g/mol. The fraction of sp³-hybridized carbons (Fsp3) is 0.200. The van der Waals surface area contributed by atoms with Gasteiger partial charge in [0.1, 0.15) is 26.4 Å². The van der Waals surface area contributed by atoms with Crippen LogP contribution in [0.1, 0.15) is 11.1 Å². The number of esters is 2. The number of hydrogen-bond acceptors (Lipinski definition) is 6. The van der Waals surface area contributed by atoms with Crippen molar-refractivity contribution < 1.29 is 28.5 Å². The van der Waals surface area contributed by atoms with Crippen molar-refractivity contribution in [1.82, 2.24) is 0 Å². The van der Waals surface area contributed by atoms with Crippen molar-refractivity contribution in [3.63, 3.8) is 0 Å². The van der Waals surface area contributed by atoms with E-state index in [1.54, 1.807) is 0 Å². The minimum Gasteiger partial charge on any atom is -0.461 e. The van der Waals surface area contributed by atoms with Gasteiger partial charge in [0.25, 0.3) is 0 Å². The van der Waals surface area contributed by atoms with Gasteiger partial charge in [-0.05, 0) is 11.1 Å². The number of carbonyl (C=O) groups excluding carboxylic acids is 2. The highest BCUT2D eigenvalue weighted by Crippen LogP contribution is 2.18. The third kappa shape index (κ3) is 4.63. The van der Waals surface area contributed by atoms with Gasteiger partial charge in [-0.1, -0.05) is 60.7 Å². The fourth-order valence-corrected chi connectivity index (χ4v) is 2.30. The Morgan fingerprint density at radius 2 is 1.15 bits per heavy atom. The Morgan fingerprint density at radius 3 is 1.58 bits per heavy atom. The summed E-state index contributed by atoms with van der Waals surface area (Å²) in [5.41, 5.74) is 1.24. The standard InChI is InChI=1S/C20H18O6/c21-18(25-13-15-7-3-1-4-8-15)17(20-23-11-12-24-20)19(22)26-14-16-9-5-2-6-10-16/h1-10H,11-14H2. The van der Waals surface area contributed by atoms with Crippen LogP contribution in [0.25, 0.3) is 0 Å². The molecule has 0 amide bonds. The molecular formula is C20H18O6. The quantitative estimate of drug-likeness (QED) is 0.344. The second-order valence-corrected chi connectivity index (χ2v) is 5.48. The van der Waals surface area contributed by atoms with Crippen molar-refractivity contribution in [3.8, 4) is 0 Å². The molecule has 0 bridgehead atoms. The molecule has 26 heavy (non-hydrogen) atoms. The third-order valence-corrected chi connectivity index (χ3v) is 3.59. The SMILES string of the molecule is O=C(OCc1ccccc1)C(C(=O)OCc1ccccc1)=C1OCCO1. The Hall–Kier alpha value is -3.28. The molecule has 0 spiro atoms. The van der Waals surface area contributed by atoms with Crippen LogP contribution in [-0.4, -0.2) is 25.2 Å². The molecule has 0 aromatic heterocycles. The zero-order valence-electron chi connectivity index (χ0n) is 14.1. The summed E-state index contributed by atoms with van der Waals surface area (Å²) < 4.78 is 20.9. The van der Waals surface area contributed by atoms with Gasteiger partial charge in [0.15, 0.2) is 0 Å². The maximum Gasteiger partial charge on any atom is 0.353 e. The summed E-state index contributed by atoms with van der Waals surface area (Å²) in [6, 6.07) is 18.3. The Kier molecular flexibility index (Phi) is 5.88. The molecule has 1 aliphatic rings. The molecule has 134 valence electrons. The van der Waals surface area contributed by atoms with Crippen molar-refractivity contribution in [1.29, 1.82) is 0 Å². The first-order chi connectivity index (χ1) is 12.7. The molecule has 0 N–H and O–H groups in total. The summed E-state index contributed by atoms with van der Waals surface area (Å²) in [4.78, 5) is 24.8. The van der Waals surface area contributed by atoms with E-state index in [0.29, 0.717) is 0 Å². The first-order valence-electron chi connectivity index (χ1n) is 8.16. The van der Waals surface area contributed by atoms with Gasteiger partial charge in [-0.15, -0.1) is 0 Å². The lowest BCUT2D eigenvalue weighted by molar-refractivity contribution is -0.149. The molecule has 0 atom stereocenters. The van der Waals surface area contributed by atoms with E-state index < -0.39 is 11.9 Å². The van der Waals surface area contributed by atoms with Gasteiger partial charge in [0, 0.05) is 0 Å². The lowest BCUT2D eigenvalue weighted by Gasteiger charge is -2.10. The van der Waals surface area contributed by atoms with E-state index in [4.69, 9.17) is 18.9 Å². The molecule has 0 aliphatic carbocycles. The van der Waals surface area contributed by atoms with Gasteiger partial charge in [-0.25, -0.2) is 9.59 Å². The second-order valence-electron chi connectivity index (χ2n) is 5.48. The molecule has 0 saturated carbocycles.